The van der Waals surface area contributed by atoms with Gasteiger partial charge < -0.3 is 9.47 Å². The van der Waals surface area contributed by atoms with Crippen LogP contribution in [-0.2, 0) is 0 Å². The van der Waals surface area contributed by atoms with Gasteiger partial charge >= 0.3 is 0 Å². The number of ether oxygens (including phenoxy) is 2. The largest absolute Gasteiger partial charge is 0.491 e. The fourth-order valence-corrected chi connectivity index (χ4v) is 2.34. The van der Waals surface area contributed by atoms with E-state index in [-0.39, 0.29) is 11.0 Å². The number of hydrogen-bond donors (Lipinski definition) is 0. The van der Waals surface area contributed by atoms with Crippen molar-refractivity contribution >= 4 is 27.5 Å². The number of methoxy groups -OCH3 is 1. The molecular weight excluding hydrogens is 344 g/mol. The van der Waals surface area contributed by atoms with E-state index >= 15 is 0 Å². The number of rotatable bonds is 4. The molecule has 0 radical (unpaired) electrons. The summed E-state index contributed by atoms with van der Waals surface area (Å²) in [5.41, 5.74) is 1.07. The lowest BCUT2D eigenvalue weighted by Gasteiger charge is -2.15. The molecule has 0 spiro atoms. The van der Waals surface area contributed by atoms with Crippen LogP contribution in [0.5, 0.6) is 17.4 Å². The summed E-state index contributed by atoms with van der Waals surface area (Å²) in [6.07, 6.45) is 0. The Balaban J connectivity index is 2.45. The summed E-state index contributed by atoms with van der Waals surface area (Å²) in [5, 5.41) is 7.97. The molecule has 0 atom stereocenters. The van der Waals surface area contributed by atoms with Crippen LogP contribution in [0.1, 0.15) is 25.3 Å². The van der Waals surface area contributed by atoms with Gasteiger partial charge in [-0.1, -0.05) is 37.6 Å². The van der Waals surface area contributed by atoms with Gasteiger partial charge in [-0.25, -0.2) is 0 Å². The second-order valence-electron chi connectivity index (χ2n) is 4.46. The average Bonchev–Trinajstić information content (AvgIpc) is 2.42. The summed E-state index contributed by atoms with van der Waals surface area (Å²) in [4.78, 5) is 0. The molecule has 20 heavy (non-hydrogen) atoms. The standard InChI is InChI=1S/C14H14BrClN2O2/c1-8(2)9-5-4-6-10(15)13(9)20-14-11(19-3)7-12(16)17-18-14/h4-8H,1-3H3. The van der Waals surface area contributed by atoms with Crippen molar-refractivity contribution in [3.63, 3.8) is 0 Å². The Morgan fingerprint density at radius 2 is 2.00 bits per heavy atom. The zero-order chi connectivity index (χ0) is 14.7. The smallest absolute Gasteiger partial charge is 0.281 e. The lowest BCUT2D eigenvalue weighted by atomic mass is 10.0. The third-order valence-electron chi connectivity index (χ3n) is 2.74. The second-order valence-corrected chi connectivity index (χ2v) is 5.70. The summed E-state index contributed by atoms with van der Waals surface area (Å²) >= 11 is 9.29. The molecule has 1 heterocycles. The first-order valence-electron chi connectivity index (χ1n) is 6.06. The first-order valence-corrected chi connectivity index (χ1v) is 7.23. The number of para-hydroxylation sites is 1. The second kappa shape index (κ2) is 6.41. The molecule has 0 aliphatic carbocycles. The van der Waals surface area contributed by atoms with Crippen molar-refractivity contribution < 1.29 is 9.47 Å². The lowest BCUT2D eigenvalue weighted by Crippen LogP contribution is -1.99. The van der Waals surface area contributed by atoms with Gasteiger partial charge in [-0.2, -0.15) is 0 Å². The van der Waals surface area contributed by atoms with Gasteiger partial charge in [-0.05, 0) is 33.5 Å². The van der Waals surface area contributed by atoms with E-state index in [1.54, 1.807) is 6.07 Å². The molecule has 4 nitrogen and oxygen atoms in total. The highest BCUT2D eigenvalue weighted by Crippen LogP contribution is 2.39. The summed E-state index contributed by atoms with van der Waals surface area (Å²) in [7, 11) is 1.53. The van der Waals surface area contributed by atoms with Gasteiger partial charge in [0, 0.05) is 6.07 Å². The van der Waals surface area contributed by atoms with Gasteiger partial charge in [-0.3, -0.25) is 0 Å². The molecule has 1 aromatic heterocycles. The van der Waals surface area contributed by atoms with Gasteiger partial charge in [0.25, 0.3) is 5.88 Å². The summed E-state index contributed by atoms with van der Waals surface area (Å²) in [6, 6.07) is 7.46. The molecule has 6 heteroatoms. The number of halogens is 2. The third-order valence-corrected chi connectivity index (χ3v) is 3.54. The number of hydrogen-bond acceptors (Lipinski definition) is 4. The highest BCUT2D eigenvalue weighted by atomic mass is 79.9. The Kier molecular flexibility index (Phi) is 4.83. The molecule has 1 aromatic carbocycles. The molecule has 0 amide bonds. The Morgan fingerprint density at radius 1 is 1.25 bits per heavy atom. The van der Waals surface area contributed by atoms with E-state index in [1.807, 2.05) is 18.2 Å². The van der Waals surface area contributed by atoms with E-state index < -0.39 is 0 Å². The minimum Gasteiger partial charge on any atom is -0.491 e. The number of aromatic nitrogens is 2. The van der Waals surface area contributed by atoms with Crippen molar-refractivity contribution in [1.29, 1.82) is 0 Å². The van der Waals surface area contributed by atoms with Crippen LogP contribution in [-0.4, -0.2) is 17.3 Å². The topological polar surface area (TPSA) is 44.2 Å². The predicted molar refractivity (Wildman–Crippen MR) is 81.9 cm³/mol. The van der Waals surface area contributed by atoms with Crippen LogP contribution in [0, 0.1) is 0 Å². The van der Waals surface area contributed by atoms with Crippen LogP contribution >= 0.6 is 27.5 Å². The Hall–Kier alpha value is -1.33. The molecule has 0 aliphatic heterocycles. The van der Waals surface area contributed by atoms with Gasteiger partial charge in [0.15, 0.2) is 10.9 Å². The monoisotopic (exact) mass is 356 g/mol. The predicted octanol–water partition coefficient (Wildman–Crippen LogP) is 4.82. The van der Waals surface area contributed by atoms with Crippen molar-refractivity contribution in [2.45, 2.75) is 19.8 Å². The molecule has 0 aliphatic rings. The maximum Gasteiger partial charge on any atom is 0.281 e. The quantitative estimate of drug-likeness (QED) is 0.787. The van der Waals surface area contributed by atoms with Crippen molar-refractivity contribution in [3.8, 4) is 17.4 Å². The average molecular weight is 358 g/mol. The summed E-state index contributed by atoms with van der Waals surface area (Å²) in [6.45, 7) is 4.19. The van der Waals surface area contributed by atoms with E-state index in [9.17, 15) is 0 Å². The van der Waals surface area contributed by atoms with Crippen LogP contribution in [0.3, 0.4) is 0 Å². The molecule has 106 valence electrons. The van der Waals surface area contributed by atoms with Gasteiger partial charge in [0.05, 0.1) is 11.6 Å². The fourth-order valence-electron chi connectivity index (χ4n) is 1.74. The number of benzene rings is 1. The van der Waals surface area contributed by atoms with Crippen molar-refractivity contribution in [2.75, 3.05) is 7.11 Å². The third kappa shape index (κ3) is 3.22. The van der Waals surface area contributed by atoms with E-state index in [2.05, 4.69) is 40.0 Å². The first-order chi connectivity index (χ1) is 9.52. The van der Waals surface area contributed by atoms with Crippen LogP contribution in [0.25, 0.3) is 0 Å². The molecular formula is C14H14BrClN2O2. The van der Waals surface area contributed by atoms with Gasteiger partial charge in [-0.15, -0.1) is 10.2 Å². The lowest BCUT2D eigenvalue weighted by molar-refractivity contribution is 0.362. The van der Waals surface area contributed by atoms with E-state index in [1.165, 1.54) is 7.11 Å². The number of nitrogens with zero attached hydrogens (tertiary/aromatic N) is 2. The van der Waals surface area contributed by atoms with E-state index in [0.29, 0.717) is 17.4 Å². The van der Waals surface area contributed by atoms with Crippen molar-refractivity contribution in [2.24, 2.45) is 0 Å². The maximum atomic E-state index is 5.87. The molecule has 0 bridgehead atoms. The van der Waals surface area contributed by atoms with Crippen LogP contribution in [0.15, 0.2) is 28.7 Å². The Labute approximate surface area is 131 Å². The first kappa shape index (κ1) is 15.1. The van der Waals surface area contributed by atoms with Crippen LogP contribution in [0.2, 0.25) is 5.15 Å². The van der Waals surface area contributed by atoms with Gasteiger partial charge in [0.2, 0.25) is 0 Å². The Bertz CT molecular complexity index is 620. The molecule has 2 aromatic rings. The minimum atomic E-state index is 0.255. The highest BCUT2D eigenvalue weighted by Gasteiger charge is 2.16. The molecule has 0 saturated heterocycles. The maximum absolute atomic E-state index is 5.87. The van der Waals surface area contributed by atoms with Crippen molar-refractivity contribution in [1.82, 2.24) is 10.2 Å². The molecule has 0 fully saturated rings. The zero-order valence-electron chi connectivity index (χ0n) is 11.4. The normalized spacial score (nSPS) is 10.7. The van der Waals surface area contributed by atoms with Crippen LogP contribution < -0.4 is 9.47 Å². The van der Waals surface area contributed by atoms with Crippen molar-refractivity contribution in [3.05, 3.63) is 39.5 Å². The van der Waals surface area contributed by atoms with E-state index in [0.717, 1.165) is 10.0 Å². The van der Waals surface area contributed by atoms with Gasteiger partial charge in [0.1, 0.15) is 5.75 Å². The Morgan fingerprint density at radius 3 is 2.65 bits per heavy atom. The summed E-state index contributed by atoms with van der Waals surface area (Å²) < 4.78 is 11.9. The zero-order valence-corrected chi connectivity index (χ0v) is 13.7. The molecule has 0 saturated carbocycles. The van der Waals surface area contributed by atoms with Crippen LogP contribution in [0.4, 0.5) is 0 Å². The molecule has 0 N–H and O–H groups in total. The van der Waals surface area contributed by atoms with E-state index in [4.69, 9.17) is 21.1 Å². The highest BCUT2D eigenvalue weighted by molar-refractivity contribution is 9.10. The SMILES string of the molecule is COc1cc(Cl)nnc1Oc1c(Br)cccc1C(C)C. The molecule has 0 unspecified atom stereocenters. The molecule has 2 rings (SSSR count). The summed E-state index contributed by atoms with van der Waals surface area (Å²) in [5.74, 6) is 1.74. The minimum absolute atomic E-state index is 0.255. The fraction of sp³-hybridized carbons (Fsp3) is 0.286.